The number of aliphatic carboxylic acids is 1. The van der Waals surface area contributed by atoms with Crippen LogP contribution in [0.5, 0.6) is 0 Å². The molecule has 216 valence electrons. The summed E-state index contributed by atoms with van der Waals surface area (Å²) < 4.78 is 12.2. The average Bonchev–Trinajstić information content (AvgIpc) is 2.98. The lowest BCUT2D eigenvalue weighted by Gasteiger charge is -2.41. The van der Waals surface area contributed by atoms with E-state index in [1.54, 1.807) is 12.4 Å². The van der Waals surface area contributed by atoms with Gasteiger partial charge in [-0.25, -0.2) is 4.98 Å². The van der Waals surface area contributed by atoms with Crippen molar-refractivity contribution in [1.82, 2.24) is 20.2 Å². The van der Waals surface area contributed by atoms with E-state index in [-0.39, 0.29) is 12.5 Å². The number of anilines is 1. The van der Waals surface area contributed by atoms with Crippen LogP contribution < -0.4 is 10.6 Å². The molecule has 5 rings (SSSR count). The van der Waals surface area contributed by atoms with Gasteiger partial charge in [-0.15, -0.1) is 0 Å². The molecule has 3 aromatic rings. The first-order valence-electron chi connectivity index (χ1n) is 14.0. The van der Waals surface area contributed by atoms with Crippen molar-refractivity contribution in [2.75, 3.05) is 51.3 Å². The highest BCUT2D eigenvalue weighted by Gasteiger charge is 2.40. The van der Waals surface area contributed by atoms with Crippen molar-refractivity contribution in [3.05, 3.63) is 83.2 Å². The molecule has 2 aliphatic rings. The standard InChI is InChI=1S/C31H36ClN5O4/c1-22-25(26-6-2-3-8-27(26)32)7-4-10-31(22,41-15-5-12-37-13-16-40-17-14-37)36-30-29-24(9-11-34-30)18-23(20-35-29)19-33-21-28(38)39/h2-4,6-11,18,20,22,33H,5,12-17,19,21H2,1H3,(H,34,36)(H,38,39). The minimum atomic E-state index is -0.899. The average molecular weight is 578 g/mol. The summed E-state index contributed by atoms with van der Waals surface area (Å²) >= 11 is 6.63. The Morgan fingerprint density at radius 1 is 1.24 bits per heavy atom. The van der Waals surface area contributed by atoms with Crippen LogP contribution in [-0.2, 0) is 20.8 Å². The van der Waals surface area contributed by atoms with Crippen LogP contribution in [0.25, 0.3) is 16.5 Å². The smallest absolute Gasteiger partial charge is 0.317 e. The van der Waals surface area contributed by atoms with Crippen molar-refractivity contribution < 1.29 is 19.4 Å². The second kappa shape index (κ2) is 13.5. The first-order chi connectivity index (χ1) is 19.9. The number of nitrogens with one attached hydrogen (secondary N) is 2. The van der Waals surface area contributed by atoms with E-state index in [4.69, 9.17) is 31.2 Å². The summed E-state index contributed by atoms with van der Waals surface area (Å²) in [4.78, 5) is 22.6. The quantitative estimate of drug-likeness (QED) is 0.210. The Bertz CT molecular complexity index is 1420. The molecule has 10 heteroatoms. The number of carboxylic acids is 1. The molecule has 3 N–H and O–H groups in total. The topological polar surface area (TPSA) is 109 Å². The molecule has 0 saturated carbocycles. The first-order valence-corrected chi connectivity index (χ1v) is 14.4. The van der Waals surface area contributed by atoms with E-state index in [1.165, 1.54) is 0 Å². The molecule has 2 atom stereocenters. The largest absolute Gasteiger partial charge is 0.480 e. The Hall–Kier alpha value is -3.34. The molecule has 1 saturated heterocycles. The van der Waals surface area contributed by atoms with E-state index in [1.807, 2.05) is 42.5 Å². The van der Waals surface area contributed by atoms with Crippen LogP contribution in [0, 0.1) is 5.92 Å². The highest BCUT2D eigenvalue weighted by Crippen LogP contribution is 2.41. The molecule has 1 aliphatic carbocycles. The van der Waals surface area contributed by atoms with Gasteiger partial charge in [0.2, 0.25) is 0 Å². The third-order valence-corrected chi connectivity index (χ3v) is 7.88. The number of benzene rings is 1. The van der Waals surface area contributed by atoms with Crippen molar-refractivity contribution in [3.63, 3.8) is 0 Å². The number of allylic oxidation sites excluding steroid dienone is 2. The third kappa shape index (κ3) is 7.12. The zero-order chi connectivity index (χ0) is 28.7. The summed E-state index contributed by atoms with van der Waals surface area (Å²) in [5.41, 5.74) is 2.74. The van der Waals surface area contributed by atoms with Crippen molar-refractivity contribution in [1.29, 1.82) is 0 Å². The lowest BCUT2D eigenvalue weighted by Crippen LogP contribution is -2.48. The van der Waals surface area contributed by atoms with Gasteiger partial charge in [-0.2, -0.15) is 0 Å². The zero-order valence-electron chi connectivity index (χ0n) is 23.2. The van der Waals surface area contributed by atoms with E-state index in [0.29, 0.717) is 29.5 Å². The van der Waals surface area contributed by atoms with E-state index >= 15 is 0 Å². The summed E-state index contributed by atoms with van der Waals surface area (Å²) in [5.74, 6) is -0.394. The minimum absolute atomic E-state index is 0.104. The van der Waals surface area contributed by atoms with Gasteiger partial charge in [-0.1, -0.05) is 48.9 Å². The fourth-order valence-electron chi connectivity index (χ4n) is 5.34. The van der Waals surface area contributed by atoms with Crippen LogP contribution in [0.15, 0.2) is 67.0 Å². The number of morpholine rings is 1. The number of ether oxygens (including phenoxy) is 2. The van der Waals surface area contributed by atoms with Crippen LogP contribution in [0.2, 0.25) is 5.02 Å². The van der Waals surface area contributed by atoms with Crippen molar-refractivity contribution in [2.24, 2.45) is 5.92 Å². The Labute approximate surface area is 245 Å². The zero-order valence-corrected chi connectivity index (χ0v) is 23.9. The molecule has 1 aliphatic heterocycles. The van der Waals surface area contributed by atoms with E-state index in [0.717, 1.165) is 61.4 Å². The molecule has 1 aromatic carbocycles. The van der Waals surface area contributed by atoms with Gasteiger partial charge < -0.3 is 25.2 Å². The number of nitrogens with zero attached hydrogens (tertiary/aromatic N) is 3. The molecule has 41 heavy (non-hydrogen) atoms. The number of carbonyl (C=O) groups is 1. The van der Waals surface area contributed by atoms with Gasteiger partial charge in [0, 0.05) is 54.9 Å². The van der Waals surface area contributed by atoms with Crippen LogP contribution >= 0.6 is 11.6 Å². The van der Waals surface area contributed by atoms with Gasteiger partial charge in [0.1, 0.15) is 5.52 Å². The second-order valence-corrected chi connectivity index (χ2v) is 10.7. The molecular formula is C31H36ClN5O4. The van der Waals surface area contributed by atoms with Gasteiger partial charge >= 0.3 is 5.97 Å². The maximum absolute atomic E-state index is 10.9. The predicted octanol–water partition coefficient (Wildman–Crippen LogP) is 4.59. The number of hydrogen-bond acceptors (Lipinski definition) is 8. The van der Waals surface area contributed by atoms with Gasteiger partial charge in [-0.3, -0.25) is 14.7 Å². The first kappa shape index (κ1) is 29.2. The molecule has 2 aromatic heterocycles. The molecule has 2 unspecified atom stereocenters. The molecule has 1 fully saturated rings. The predicted molar refractivity (Wildman–Crippen MR) is 161 cm³/mol. The number of hydrogen-bond donors (Lipinski definition) is 3. The van der Waals surface area contributed by atoms with E-state index in [9.17, 15) is 4.79 Å². The van der Waals surface area contributed by atoms with Gasteiger partial charge in [-0.05, 0) is 47.4 Å². The normalized spacial score (nSPS) is 21.1. The number of aromatic nitrogens is 2. The summed E-state index contributed by atoms with van der Waals surface area (Å²) in [5, 5.41) is 17.0. The Kier molecular flexibility index (Phi) is 9.64. The number of pyridine rings is 2. The number of rotatable bonds is 12. The highest BCUT2D eigenvalue weighted by molar-refractivity contribution is 6.32. The maximum atomic E-state index is 10.9. The summed E-state index contributed by atoms with van der Waals surface area (Å²) in [7, 11) is 0. The molecule has 0 spiro atoms. The molecular weight excluding hydrogens is 542 g/mol. The van der Waals surface area contributed by atoms with Gasteiger partial charge in [0.05, 0.1) is 26.4 Å². The van der Waals surface area contributed by atoms with Crippen LogP contribution in [0.4, 0.5) is 5.82 Å². The number of fused-ring (bicyclic) bond motifs is 1. The fourth-order valence-corrected chi connectivity index (χ4v) is 5.58. The summed E-state index contributed by atoms with van der Waals surface area (Å²) in [6, 6.07) is 11.8. The van der Waals surface area contributed by atoms with Gasteiger partial charge in [0.25, 0.3) is 0 Å². The van der Waals surface area contributed by atoms with E-state index in [2.05, 4.69) is 39.6 Å². The Morgan fingerprint density at radius 3 is 2.88 bits per heavy atom. The van der Waals surface area contributed by atoms with Crippen LogP contribution in [-0.4, -0.2) is 77.7 Å². The lowest BCUT2D eigenvalue weighted by molar-refractivity contribution is -0.136. The minimum Gasteiger partial charge on any atom is -0.480 e. The van der Waals surface area contributed by atoms with Gasteiger partial charge in [0.15, 0.2) is 11.5 Å². The molecule has 0 bridgehead atoms. The Balaban J connectivity index is 1.40. The van der Waals surface area contributed by atoms with Crippen molar-refractivity contribution in [3.8, 4) is 0 Å². The molecule has 3 heterocycles. The molecule has 0 amide bonds. The third-order valence-electron chi connectivity index (χ3n) is 7.55. The summed E-state index contributed by atoms with van der Waals surface area (Å²) in [6.07, 6.45) is 10.5. The fraction of sp³-hybridized carbons (Fsp3) is 0.387. The molecule has 9 nitrogen and oxygen atoms in total. The SMILES string of the molecule is CC1C(c2ccccc2Cl)=CC=CC1(Nc1nccc2cc(CNCC(=O)O)cnc12)OCCCN1CCOCC1. The molecule has 0 radical (unpaired) electrons. The monoisotopic (exact) mass is 577 g/mol. The summed E-state index contributed by atoms with van der Waals surface area (Å²) in [6.45, 7) is 7.35. The number of carboxylic acid groups (broad SMARTS) is 1. The van der Waals surface area contributed by atoms with Crippen LogP contribution in [0.3, 0.4) is 0 Å². The van der Waals surface area contributed by atoms with Crippen molar-refractivity contribution in [2.45, 2.75) is 25.6 Å². The maximum Gasteiger partial charge on any atom is 0.317 e. The second-order valence-electron chi connectivity index (χ2n) is 10.3. The lowest BCUT2D eigenvalue weighted by atomic mass is 9.81. The highest BCUT2D eigenvalue weighted by atomic mass is 35.5. The number of halogens is 1. The van der Waals surface area contributed by atoms with E-state index < -0.39 is 11.7 Å². The van der Waals surface area contributed by atoms with Crippen molar-refractivity contribution >= 4 is 39.9 Å². The van der Waals surface area contributed by atoms with Crippen LogP contribution in [0.1, 0.15) is 24.5 Å². The Morgan fingerprint density at radius 2 is 2.07 bits per heavy atom.